The van der Waals surface area contributed by atoms with Gasteiger partial charge in [0, 0.05) is 26.7 Å². The van der Waals surface area contributed by atoms with Crippen molar-refractivity contribution >= 4 is 11.2 Å². The van der Waals surface area contributed by atoms with Gasteiger partial charge in [-0.3, -0.25) is 13.9 Å². The van der Waals surface area contributed by atoms with Gasteiger partial charge >= 0.3 is 5.69 Å². The molecule has 1 unspecified atom stereocenters. The van der Waals surface area contributed by atoms with Crippen molar-refractivity contribution in [2.75, 3.05) is 6.54 Å². The first-order valence-corrected chi connectivity index (χ1v) is 6.87. The number of fused-ring (bicyclic) bond motifs is 1. The summed E-state index contributed by atoms with van der Waals surface area (Å²) in [6, 6.07) is 0.201. The van der Waals surface area contributed by atoms with Crippen LogP contribution in [0.3, 0.4) is 0 Å². The average Bonchev–Trinajstić information content (AvgIpc) is 3.02. The zero-order valence-corrected chi connectivity index (χ0v) is 12.0. The van der Waals surface area contributed by atoms with Gasteiger partial charge in [-0.15, -0.1) is 0 Å². The summed E-state index contributed by atoms with van der Waals surface area (Å²) >= 11 is 0. The molecule has 1 atom stereocenters. The molecule has 0 aliphatic carbocycles. The number of nitrogens with one attached hydrogen (secondary N) is 1. The van der Waals surface area contributed by atoms with Crippen LogP contribution in [0.25, 0.3) is 11.2 Å². The fraction of sp³-hybridized carbons (Fsp3) is 0.615. The van der Waals surface area contributed by atoms with E-state index in [1.54, 1.807) is 18.7 Å². The van der Waals surface area contributed by atoms with E-state index in [0.29, 0.717) is 17.7 Å². The molecule has 7 nitrogen and oxygen atoms in total. The molecule has 7 heteroatoms. The van der Waals surface area contributed by atoms with E-state index < -0.39 is 0 Å². The molecule has 0 amide bonds. The molecule has 1 N–H and O–H groups in total. The van der Waals surface area contributed by atoms with Crippen LogP contribution in [0.4, 0.5) is 0 Å². The largest absolute Gasteiger partial charge is 0.332 e. The maximum atomic E-state index is 12.6. The minimum absolute atomic E-state index is 0.201. The molecule has 3 rings (SSSR count). The standard InChI is InChI=1S/C13H19N5O2/c1-8-15-11-10(16(8)2)12(19)18(13(20)17(11)3)7-9-5-4-6-14-9/h9,14H,4-7H2,1-3H3. The molecule has 1 aliphatic heterocycles. The van der Waals surface area contributed by atoms with E-state index in [2.05, 4.69) is 10.3 Å². The Kier molecular flexibility index (Phi) is 3.01. The third-order valence-corrected chi connectivity index (χ3v) is 4.15. The van der Waals surface area contributed by atoms with Crippen LogP contribution >= 0.6 is 0 Å². The summed E-state index contributed by atoms with van der Waals surface area (Å²) in [5, 5.41) is 3.32. The SMILES string of the molecule is Cc1nc2c(c(=O)n(CC3CCCN3)c(=O)n2C)n1C. The van der Waals surface area contributed by atoms with Gasteiger partial charge in [0.1, 0.15) is 5.82 Å². The maximum absolute atomic E-state index is 12.6. The van der Waals surface area contributed by atoms with E-state index >= 15 is 0 Å². The second-order valence-electron chi connectivity index (χ2n) is 5.44. The van der Waals surface area contributed by atoms with Crippen LogP contribution in [0.5, 0.6) is 0 Å². The Balaban J connectivity index is 2.24. The average molecular weight is 277 g/mol. The number of imidazole rings is 1. The molecule has 0 bridgehead atoms. The van der Waals surface area contributed by atoms with Crippen LogP contribution in [-0.2, 0) is 20.6 Å². The topological polar surface area (TPSA) is 73.8 Å². The summed E-state index contributed by atoms with van der Waals surface area (Å²) in [5.41, 5.74) is 0.396. The third-order valence-electron chi connectivity index (χ3n) is 4.15. The lowest BCUT2D eigenvalue weighted by molar-refractivity contribution is 0.477. The summed E-state index contributed by atoms with van der Waals surface area (Å²) in [4.78, 5) is 29.2. The second kappa shape index (κ2) is 4.59. The Hall–Kier alpha value is -1.89. The van der Waals surface area contributed by atoms with Gasteiger partial charge < -0.3 is 9.88 Å². The third kappa shape index (κ3) is 1.81. The molecule has 1 aliphatic rings. The van der Waals surface area contributed by atoms with E-state index in [-0.39, 0.29) is 17.3 Å². The number of hydrogen-bond donors (Lipinski definition) is 1. The van der Waals surface area contributed by atoms with Crippen LogP contribution in [0.15, 0.2) is 9.59 Å². The molecule has 1 fully saturated rings. The molecule has 2 aromatic heterocycles. The molecule has 1 saturated heterocycles. The lowest BCUT2D eigenvalue weighted by Gasteiger charge is -2.13. The van der Waals surface area contributed by atoms with E-state index in [9.17, 15) is 9.59 Å². The molecule has 0 aromatic carbocycles. The minimum atomic E-state index is -0.297. The van der Waals surface area contributed by atoms with Gasteiger partial charge in [-0.1, -0.05) is 0 Å². The van der Waals surface area contributed by atoms with Crippen molar-refractivity contribution < 1.29 is 0 Å². The van der Waals surface area contributed by atoms with Crippen molar-refractivity contribution in [3.05, 3.63) is 26.7 Å². The first kappa shape index (κ1) is 13.1. The van der Waals surface area contributed by atoms with Crippen molar-refractivity contribution in [3.8, 4) is 0 Å². The highest BCUT2D eigenvalue weighted by Gasteiger charge is 2.21. The summed E-state index contributed by atoms with van der Waals surface area (Å²) in [6.45, 7) is 3.20. The van der Waals surface area contributed by atoms with Crippen molar-refractivity contribution in [2.45, 2.75) is 32.4 Å². The van der Waals surface area contributed by atoms with Crippen LogP contribution in [0, 0.1) is 6.92 Å². The summed E-state index contributed by atoms with van der Waals surface area (Å²) < 4.78 is 4.53. The minimum Gasteiger partial charge on any atom is -0.325 e. The number of aryl methyl sites for hydroxylation is 3. The molecule has 3 heterocycles. The number of nitrogens with zero attached hydrogens (tertiary/aromatic N) is 4. The lowest BCUT2D eigenvalue weighted by Crippen LogP contribution is -2.43. The van der Waals surface area contributed by atoms with Crippen LogP contribution < -0.4 is 16.6 Å². The van der Waals surface area contributed by atoms with E-state index in [0.717, 1.165) is 25.2 Å². The molecule has 0 radical (unpaired) electrons. The second-order valence-corrected chi connectivity index (χ2v) is 5.44. The quantitative estimate of drug-likeness (QED) is 0.802. The van der Waals surface area contributed by atoms with Crippen LogP contribution in [0.1, 0.15) is 18.7 Å². The first-order valence-electron chi connectivity index (χ1n) is 6.87. The molecule has 0 saturated carbocycles. The van der Waals surface area contributed by atoms with Gasteiger partial charge in [0.2, 0.25) is 0 Å². The van der Waals surface area contributed by atoms with Gasteiger partial charge in [-0.25, -0.2) is 9.78 Å². The monoisotopic (exact) mass is 277 g/mol. The van der Waals surface area contributed by atoms with E-state index in [1.807, 2.05) is 6.92 Å². The predicted molar refractivity (Wildman–Crippen MR) is 76.0 cm³/mol. The number of hydrogen-bond acceptors (Lipinski definition) is 4. The summed E-state index contributed by atoms with van der Waals surface area (Å²) in [7, 11) is 3.46. The van der Waals surface area contributed by atoms with Gasteiger partial charge in [-0.05, 0) is 26.3 Å². The Labute approximate surface area is 115 Å². The Morgan fingerprint density at radius 2 is 2.05 bits per heavy atom. The highest BCUT2D eigenvalue weighted by atomic mass is 16.2. The fourth-order valence-electron chi connectivity index (χ4n) is 2.85. The first-order chi connectivity index (χ1) is 9.50. The predicted octanol–water partition coefficient (Wildman–Crippen LogP) is -0.506. The summed E-state index contributed by atoms with van der Waals surface area (Å²) in [6.07, 6.45) is 2.09. The van der Waals surface area contributed by atoms with Gasteiger partial charge in [-0.2, -0.15) is 0 Å². The molecule has 20 heavy (non-hydrogen) atoms. The fourth-order valence-corrected chi connectivity index (χ4v) is 2.85. The normalized spacial score (nSPS) is 19.1. The van der Waals surface area contributed by atoms with Crippen LogP contribution in [0.2, 0.25) is 0 Å². The zero-order valence-electron chi connectivity index (χ0n) is 12.0. The van der Waals surface area contributed by atoms with Gasteiger partial charge in [0.25, 0.3) is 5.56 Å². The Bertz CT molecular complexity index is 777. The van der Waals surface area contributed by atoms with Crippen molar-refractivity contribution in [1.82, 2.24) is 24.0 Å². The van der Waals surface area contributed by atoms with Crippen molar-refractivity contribution in [1.29, 1.82) is 0 Å². The maximum Gasteiger partial charge on any atom is 0.332 e. The smallest absolute Gasteiger partial charge is 0.325 e. The highest BCUT2D eigenvalue weighted by Crippen LogP contribution is 2.09. The number of aromatic nitrogens is 4. The zero-order chi connectivity index (χ0) is 14.4. The van der Waals surface area contributed by atoms with E-state index in [4.69, 9.17) is 0 Å². The number of rotatable bonds is 2. The highest BCUT2D eigenvalue weighted by molar-refractivity contribution is 5.70. The molecule has 2 aromatic rings. The van der Waals surface area contributed by atoms with Crippen molar-refractivity contribution in [2.24, 2.45) is 14.1 Å². The molecule has 0 spiro atoms. The van der Waals surface area contributed by atoms with Gasteiger partial charge in [0.15, 0.2) is 11.2 Å². The Morgan fingerprint density at radius 3 is 2.70 bits per heavy atom. The van der Waals surface area contributed by atoms with Gasteiger partial charge in [0.05, 0.1) is 0 Å². The van der Waals surface area contributed by atoms with E-state index in [1.165, 1.54) is 9.13 Å². The van der Waals surface area contributed by atoms with Crippen molar-refractivity contribution in [3.63, 3.8) is 0 Å². The Morgan fingerprint density at radius 1 is 1.30 bits per heavy atom. The lowest BCUT2D eigenvalue weighted by atomic mass is 10.2. The molecular formula is C13H19N5O2. The summed E-state index contributed by atoms with van der Waals surface area (Å²) in [5.74, 6) is 0.726. The van der Waals surface area contributed by atoms with Crippen LogP contribution in [-0.4, -0.2) is 31.3 Å². The molecule has 108 valence electrons. The molecular weight excluding hydrogens is 258 g/mol.